The third-order valence-electron chi connectivity index (χ3n) is 7.55. The maximum absolute atomic E-state index is 12.9. The number of esters is 2. The Morgan fingerprint density at radius 3 is 1.84 bits per heavy atom. The van der Waals surface area contributed by atoms with Crippen LogP contribution in [0.5, 0.6) is 0 Å². The summed E-state index contributed by atoms with van der Waals surface area (Å²) in [7, 11) is 0. The quantitative estimate of drug-likeness (QED) is 0.0832. The molecule has 4 rings (SSSR count). The Balaban J connectivity index is 1.39. The monoisotopic (exact) mass is 693 g/mol. The van der Waals surface area contributed by atoms with Crippen molar-refractivity contribution in [3.05, 3.63) is 88.5 Å². The van der Waals surface area contributed by atoms with Crippen molar-refractivity contribution in [1.82, 2.24) is 30.2 Å². The normalized spacial score (nSPS) is 12.4. The van der Waals surface area contributed by atoms with Gasteiger partial charge in [0.15, 0.2) is 11.2 Å². The first kappa shape index (κ1) is 36.9. The van der Waals surface area contributed by atoms with E-state index in [0.29, 0.717) is 0 Å². The van der Waals surface area contributed by atoms with Gasteiger partial charge in [-0.25, -0.2) is 24.2 Å². The predicted molar refractivity (Wildman–Crippen MR) is 177 cm³/mol. The molecule has 0 aliphatic rings. The van der Waals surface area contributed by atoms with E-state index in [9.17, 15) is 29.1 Å². The second kappa shape index (κ2) is 17.4. The molecule has 266 valence electrons. The first-order chi connectivity index (χ1) is 24.0. The van der Waals surface area contributed by atoms with Gasteiger partial charge >= 0.3 is 24.1 Å². The van der Waals surface area contributed by atoms with E-state index >= 15 is 0 Å². The number of aromatic amines is 1. The number of H-pyrrole nitrogens is 1. The summed E-state index contributed by atoms with van der Waals surface area (Å²) in [6, 6.07) is 15.6. The van der Waals surface area contributed by atoms with E-state index < -0.39 is 67.0 Å². The zero-order valence-electron chi connectivity index (χ0n) is 27.5. The van der Waals surface area contributed by atoms with Crippen molar-refractivity contribution in [2.24, 2.45) is 5.41 Å². The van der Waals surface area contributed by atoms with Crippen molar-refractivity contribution in [2.45, 2.75) is 52.1 Å². The topological polar surface area (TPSA) is 239 Å². The van der Waals surface area contributed by atoms with Crippen LogP contribution in [0.3, 0.4) is 0 Å². The third-order valence-corrected chi connectivity index (χ3v) is 7.55. The maximum Gasteiger partial charge on any atom is 0.408 e. The molecular weight excluding hydrogens is 654 g/mol. The molecule has 0 aliphatic heterocycles. The first-order valence-corrected chi connectivity index (χ1v) is 15.6. The minimum atomic E-state index is -1.39. The first-order valence-electron chi connectivity index (χ1n) is 15.6. The summed E-state index contributed by atoms with van der Waals surface area (Å²) in [5, 5.41) is 15.4. The van der Waals surface area contributed by atoms with Crippen molar-refractivity contribution in [2.75, 3.05) is 25.6 Å². The number of aliphatic hydroxyl groups is 1. The van der Waals surface area contributed by atoms with Crippen LogP contribution in [0.2, 0.25) is 0 Å². The molecule has 17 nitrogen and oxygen atoms in total. The van der Waals surface area contributed by atoms with Gasteiger partial charge in [0, 0.05) is 6.54 Å². The molecule has 0 spiro atoms. The lowest BCUT2D eigenvalue weighted by Crippen LogP contribution is -2.45. The lowest BCUT2D eigenvalue weighted by molar-refractivity contribution is -0.159. The van der Waals surface area contributed by atoms with Crippen LogP contribution in [0, 0.1) is 5.41 Å². The number of rotatable bonds is 16. The van der Waals surface area contributed by atoms with E-state index in [2.05, 4.69) is 25.6 Å². The standard InChI is InChI=1S/C33H39N7O10/c1-21(36-31(45)47-15-23-9-5-3-6-10-23)28(43)49-18-33(17-41,13-14-40-20-35-25-26(40)38-30(34)39-27(25)42)19-50-29(44)22(2)37-32(46)48-16-24-11-7-4-8-12-24/h3-12,20-22,41H,13-19H2,1-2H3,(H,36,45)(H,37,46)(H3,34,38,39,42)/t21-,22-/m0/s1. The zero-order valence-corrected chi connectivity index (χ0v) is 27.5. The Labute approximate surface area is 286 Å². The Hall–Kier alpha value is -5.97. The number of aryl methyl sites for hydroxylation is 1. The minimum absolute atomic E-state index is 0.0131. The Morgan fingerprint density at radius 1 is 0.860 bits per heavy atom. The van der Waals surface area contributed by atoms with Gasteiger partial charge in [0.1, 0.15) is 38.5 Å². The molecule has 2 atom stereocenters. The molecule has 2 aromatic heterocycles. The molecule has 6 N–H and O–H groups in total. The number of fused-ring (bicyclic) bond motifs is 1. The van der Waals surface area contributed by atoms with Gasteiger partial charge in [0.2, 0.25) is 5.95 Å². The van der Waals surface area contributed by atoms with Gasteiger partial charge in [0.25, 0.3) is 5.56 Å². The van der Waals surface area contributed by atoms with Crippen LogP contribution in [0.1, 0.15) is 31.4 Å². The van der Waals surface area contributed by atoms with Gasteiger partial charge in [-0.05, 0) is 31.4 Å². The smallest absolute Gasteiger partial charge is 0.408 e. The number of carbonyl (C=O) groups excluding carboxylic acids is 4. The van der Waals surface area contributed by atoms with E-state index in [-0.39, 0.29) is 43.3 Å². The van der Waals surface area contributed by atoms with Crippen molar-refractivity contribution in [1.29, 1.82) is 0 Å². The molecule has 0 unspecified atom stereocenters. The van der Waals surface area contributed by atoms with Crippen molar-refractivity contribution >= 4 is 41.2 Å². The lowest BCUT2D eigenvalue weighted by Gasteiger charge is -2.31. The largest absolute Gasteiger partial charge is 0.463 e. The highest BCUT2D eigenvalue weighted by molar-refractivity contribution is 5.81. The van der Waals surface area contributed by atoms with E-state index in [1.165, 1.54) is 24.7 Å². The average Bonchev–Trinajstić information content (AvgIpc) is 3.53. The second-order valence-electron chi connectivity index (χ2n) is 11.5. The number of amides is 2. The van der Waals surface area contributed by atoms with Crippen LogP contribution in [0.4, 0.5) is 15.5 Å². The molecule has 0 bridgehead atoms. The number of nitrogens with zero attached hydrogens (tertiary/aromatic N) is 3. The van der Waals surface area contributed by atoms with Crippen molar-refractivity contribution < 1.29 is 43.2 Å². The number of ether oxygens (including phenoxy) is 4. The van der Waals surface area contributed by atoms with E-state index in [1.54, 1.807) is 48.5 Å². The number of anilines is 1. The molecule has 17 heteroatoms. The molecule has 0 aliphatic carbocycles. The molecule has 0 fully saturated rings. The fraction of sp³-hybridized carbons (Fsp3) is 0.364. The maximum atomic E-state index is 12.9. The van der Waals surface area contributed by atoms with Crippen LogP contribution in [-0.2, 0) is 48.3 Å². The highest BCUT2D eigenvalue weighted by Crippen LogP contribution is 2.26. The summed E-state index contributed by atoms with van der Waals surface area (Å²) in [6.45, 7) is 1.29. The Kier molecular flexibility index (Phi) is 12.9. The molecular formula is C33H39N7O10. The number of hydrogen-bond donors (Lipinski definition) is 5. The van der Waals surface area contributed by atoms with Gasteiger partial charge in [-0.2, -0.15) is 4.98 Å². The number of nitrogens with one attached hydrogen (secondary N) is 3. The average molecular weight is 694 g/mol. The summed E-state index contributed by atoms with van der Waals surface area (Å²) >= 11 is 0. The highest BCUT2D eigenvalue weighted by Gasteiger charge is 2.35. The number of carbonyl (C=O) groups is 4. The van der Waals surface area contributed by atoms with Gasteiger partial charge in [-0.3, -0.25) is 9.78 Å². The van der Waals surface area contributed by atoms with Gasteiger partial charge in [-0.1, -0.05) is 60.7 Å². The van der Waals surface area contributed by atoms with Crippen molar-refractivity contribution in [3.8, 4) is 0 Å². The summed E-state index contributed by atoms with van der Waals surface area (Å²) in [6.07, 6.45) is -0.324. The number of nitrogens with two attached hydrogens (primary N) is 1. The van der Waals surface area contributed by atoms with Crippen molar-refractivity contribution in [3.63, 3.8) is 0 Å². The van der Waals surface area contributed by atoms with Crippen LogP contribution in [0.15, 0.2) is 71.8 Å². The van der Waals surface area contributed by atoms with Crippen LogP contribution in [-0.4, -0.2) is 80.7 Å². The minimum Gasteiger partial charge on any atom is -0.463 e. The van der Waals surface area contributed by atoms with Crippen LogP contribution < -0.4 is 21.9 Å². The Bertz CT molecular complexity index is 1730. The van der Waals surface area contributed by atoms with Gasteiger partial charge in [-0.15, -0.1) is 0 Å². The number of aromatic nitrogens is 4. The van der Waals surface area contributed by atoms with E-state index in [4.69, 9.17) is 24.7 Å². The number of aliphatic hydroxyl groups excluding tert-OH is 1. The predicted octanol–water partition coefficient (Wildman–Crippen LogP) is 1.79. The van der Waals surface area contributed by atoms with E-state index in [1.807, 2.05) is 12.1 Å². The molecule has 50 heavy (non-hydrogen) atoms. The molecule has 2 heterocycles. The fourth-order valence-electron chi connectivity index (χ4n) is 4.55. The third kappa shape index (κ3) is 10.5. The molecule has 4 aromatic rings. The zero-order chi connectivity index (χ0) is 36.1. The summed E-state index contributed by atoms with van der Waals surface area (Å²) in [5.74, 6) is -1.83. The summed E-state index contributed by atoms with van der Waals surface area (Å²) < 4.78 is 22.8. The number of alkyl carbamates (subject to hydrolysis) is 2. The highest BCUT2D eigenvalue weighted by atomic mass is 16.6. The fourth-order valence-corrected chi connectivity index (χ4v) is 4.55. The number of imidazole rings is 1. The molecule has 0 saturated carbocycles. The second-order valence-corrected chi connectivity index (χ2v) is 11.5. The van der Waals surface area contributed by atoms with Gasteiger partial charge < -0.3 is 45.0 Å². The van der Waals surface area contributed by atoms with Gasteiger partial charge in [0.05, 0.1) is 18.3 Å². The van der Waals surface area contributed by atoms with E-state index in [0.717, 1.165) is 11.1 Å². The SMILES string of the molecule is C[C@H](NC(=O)OCc1ccccc1)C(=O)OCC(CO)(CCn1cnc2c(=O)[nH]c(N)nc21)COC(=O)[C@H](C)NC(=O)OCc1ccccc1. The number of nitrogen functional groups attached to an aromatic ring is 1. The molecule has 0 radical (unpaired) electrons. The van der Waals surface area contributed by atoms with Crippen LogP contribution >= 0.6 is 0 Å². The Morgan fingerprint density at radius 2 is 1.36 bits per heavy atom. The summed E-state index contributed by atoms with van der Waals surface area (Å²) in [5.41, 5.74) is 5.47. The molecule has 0 saturated heterocycles. The summed E-state index contributed by atoms with van der Waals surface area (Å²) in [4.78, 5) is 73.2. The number of benzene rings is 2. The number of hydrogen-bond acceptors (Lipinski definition) is 13. The molecule has 2 amide bonds. The van der Waals surface area contributed by atoms with Crippen LogP contribution in [0.25, 0.3) is 11.2 Å². The lowest BCUT2D eigenvalue weighted by atomic mass is 9.87. The molecule has 2 aromatic carbocycles.